The minimum absolute atomic E-state index is 0.121. The summed E-state index contributed by atoms with van der Waals surface area (Å²) in [4.78, 5) is 43.7. The largest absolute Gasteiger partial charge is 0.326 e. The van der Waals surface area contributed by atoms with Crippen LogP contribution in [0.1, 0.15) is 36.3 Å². The lowest BCUT2D eigenvalue weighted by Gasteiger charge is -2.13. The highest BCUT2D eigenvalue weighted by Gasteiger charge is 2.32. The summed E-state index contributed by atoms with van der Waals surface area (Å²) in [5, 5.41) is 3.49. The maximum atomic E-state index is 12.0. The van der Waals surface area contributed by atoms with Crippen LogP contribution in [0.5, 0.6) is 0 Å². The van der Waals surface area contributed by atoms with Crippen molar-refractivity contribution in [2.75, 3.05) is 25.5 Å². The monoisotopic (exact) mass is 336 g/mol. The Morgan fingerprint density at radius 2 is 2.09 bits per heavy atom. The van der Waals surface area contributed by atoms with Crippen molar-refractivity contribution in [2.24, 2.45) is 0 Å². The zero-order valence-corrected chi connectivity index (χ0v) is 13.9. The van der Waals surface area contributed by atoms with Crippen LogP contribution in [0, 0.1) is 0 Å². The third-order valence-electron chi connectivity index (χ3n) is 4.11. The molecule has 1 saturated heterocycles. The molecule has 0 atom stereocenters. The number of hydrogen-bond donors (Lipinski definition) is 1. The fourth-order valence-corrected chi connectivity index (χ4v) is 3.94. The Labute approximate surface area is 138 Å². The molecule has 1 aliphatic carbocycles. The van der Waals surface area contributed by atoms with E-state index in [1.807, 2.05) is 0 Å². The van der Waals surface area contributed by atoms with Gasteiger partial charge in [0.05, 0.1) is 5.69 Å². The molecule has 1 fully saturated rings. The molecule has 1 N–H and O–H groups in total. The summed E-state index contributed by atoms with van der Waals surface area (Å²) in [6.45, 7) is 0.402. The van der Waals surface area contributed by atoms with Crippen LogP contribution in [0.25, 0.3) is 0 Å². The summed E-state index contributed by atoms with van der Waals surface area (Å²) >= 11 is 1.56. The smallest absolute Gasteiger partial charge is 0.318 e. The number of anilines is 1. The first-order valence-electron chi connectivity index (χ1n) is 7.88. The number of carbonyl (C=O) groups is 3. The predicted octanol–water partition coefficient (Wildman–Crippen LogP) is 1.63. The Balaban J connectivity index is 1.46. The lowest BCUT2D eigenvalue weighted by molar-refractivity contribution is -0.125. The minimum Gasteiger partial charge on any atom is -0.318 e. The topological polar surface area (TPSA) is 82.6 Å². The van der Waals surface area contributed by atoms with Gasteiger partial charge in [-0.2, -0.15) is 0 Å². The van der Waals surface area contributed by atoms with Crippen molar-refractivity contribution in [1.82, 2.24) is 14.8 Å². The number of aromatic nitrogens is 1. The number of likely N-dealkylation sites (N-methyl/N-ethyl adjacent to an activating group) is 1. The second-order valence-corrected chi connectivity index (χ2v) is 7.02. The second kappa shape index (κ2) is 6.66. The van der Waals surface area contributed by atoms with Crippen molar-refractivity contribution >= 4 is 34.3 Å². The maximum Gasteiger partial charge on any atom is 0.326 e. The number of carbonyl (C=O) groups excluding carboxylic acids is 3. The molecule has 4 amide bonds. The van der Waals surface area contributed by atoms with Gasteiger partial charge >= 0.3 is 6.03 Å². The van der Waals surface area contributed by atoms with E-state index in [4.69, 9.17) is 0 Å². The standard InChI is InChI=1S/C15H20N4O3S/c1-18-9-13(21)19(15(18)22)8-4-7-12(20)17-14-16-10-5-2-3-6-11(10)23-14/h2-9H2,1H3,(H,16,17,20). The fourth-order valence-electron chi connectivity index (χ4n) is 2.87. The third-order valence-corrected chi connectivity index (χ3v) is 5.18. The van der Waals surface area contributed by atoms with Crippen LogP contribution in [0.4, 0.5) is 9.93 Å². The van der Waals surface area contributed by atoms with E-state index in [0.29, 0.717) is 11.6 Å². The van der Waals surface area contributed by atoms with Gasteiger partial charge in [-0.25, -0.2) is 9.78 Å². The molecule has 124 valence electrons. The molecule has 0 radical (unpaired) electrons. The van der Waals surface area contributed by atoms with Crippen molar-refractivity contribution in [2.45, 2.75) is 38.5 Å². The molecule has 1 aromatic rings. The van der Waals surface area contributed by atoms with Crippen LogP contribution in [-0.4, -0.2) is 52.8 Å². The van der Waals surface area contributed by atoms with E-state index in [0.717, 1.165) is 25.0 Å². The molecule has 2 aliphatic rings. The van der Waals surface area contributed by atoms with Crippen molar-refractivity contribution in [3.05, 3.63) is 10.6 Å². The Bertz CT molecular complexity index is 619. The lowest BCUT2D eigenvalue weighted by Crippen LogP contribution is -2.32. The Morgan fingerprint density at radius 1 is 1.30 bits per heavy atom. The number of fused-ring (bicyclic) bond motifs is 1. The van der Waals surface area contributed by atoms with Crippen molar-refractivity contribution < 1.29 is 14.4 Å². The van der Waals surface area contributed by atoms with E-state index in [9.17, 15) is 14.4 Å². The number of urea groups is 1. The summed E-state index contributed by atoms with van der Waals surface area (Å²) in [5.41, 5.74) is 1.12. The van der Waals surface area contributed by atoms with E-state index >= 15 is 0 Å². The number of amides is 4. The van der Waals surface area contributed by atoms with E-state index in [1.54, 1.807) is 18.4 Å². The summed E-state index contributed by atoms with van der Waals surface area (Å²) < 4.78 is 0. The van der Waals surface area contributed by atoms with E-state index in [-0.39, 0.29) is 37.4 Å². The molecule has 2 heterocycles. The molecule has 1 aromatic heterocycles. The zero-order chi connectivity index (χ0) is 16.4. The summed E-state index contributed by atoms with van der Waals surface area (Å²) in [6.07, 6.45) is 5.13. The number of nitrogens with zero attached hydrogens (tertiary/aromatic N) is 3. The molecule has 0 unspecified atom stereocenters. The molecule has 0 aromatic carbocycles. The van der Waals surface area contributed by atoms with Gasteiger partial charge in [0.2, 0.25) is 11.8 Å². The normalized spacial score (nSPS) is 17.6. The highest BCUT2D eigenvalue weighted by molar-refractivity contribution is 7.15. The zero-order valence-electron chi connectivity index (χ0n) is 13.1. The lowest BCUT2D eigenvalue weighted by atomic mass is 10.0. The molecular weight excluding hydrogens is 316 g/mol. The Hall–Kier alpha value is -1.96. The van der Waals surface area contributed by atoms with Crippen molar-refractivity contribution in [3.8, 4) is 0 Å². The summed E-state index contributed by atoms with van der Waals surface area (Å²) in [6, 6.07) is -0.289. The fraction of sp³-hybridized carbons (Fsp3) is 0.600. The van der Waals surface area contributed by atoms with E-state index in [1.165, 1.54) is 21.1 Å². The molecule has 8 heteroatoms. The number of imide groups is 1. The van der Waals surface area contributed by atoms with Gasteiger partial charge in [-0.15, -0.1) is 11.3 Å². The number of aryl methyl sites for hydroxylation is 2. The molecule has 1 aliphatic heterocycles. The molecule has 0 spiro atoms. The van der Waals surface area contributed by atoms with Gasteiger partial charge in [-0.1, -0.05) is 0 Å². The number of rotatable bonds is 5. The quantitative estimate of drug-likeness (QED) is 0.829. The van der Waals surface area contributed by atoms with Crippen LogP contribution in [0.3, 0.4) is 0 Å². The molecule has 3 rings (SSSR count). The molecule has 0 bridgehead atoms. The highest BCUT2D eigenvalue weighted by atomic mass is 32.1. The maximum absolute atomic E-state index is 12.0. The molecular formula is C15H20N4O3S. The van der Waals surface area contributed by atoms with Crippen LogP contribution in [-0.2, 0) is 22.4 Å². The van der Waals surface area contributed by atoms with E-state index in [2.05, 4.69) is 10.3 Å². The van der Waals surface area contributed by atoms with Gasteiger partial charge in [0, 0.05) is 24.9 Å². The molecule has 23 heavy (non-hydrogen) atoms. The van der Waals surface area contributed by atoms with Gasteiger partial charge in [0.1, 0.15) is 6.54 Å². The van der Waals surface area contributed by atoms with Gasteiger partial charge in [0.25, 0.3) is 0 Å². The van der Waals surface area contributed by atoms with E-state index < -0.39 is 0 Å². The highest BCUT2D eigenvalue weighted by Crippen LogP contribution is 2.29. The number of hydrogen-bond acceptors (Lipinski definition) is 5. The Kier molecular flexibility index (Phi) is 4.61. The second-order valence-electron chi connectivity index (χ2n) is 5.93. The average molecular weight is 336 g/mol. The van der Waals surface area contributed by atoms with Gasteiger partial charge < -0.3 is 10.2 Å². The van der Waals surface area contributed by atoms with Crippen molar-refractivity contribution in [1.29, 1.82) is 0 Å². The van der Waals surface area contributed by atoms with Crippen molar-refractivity contribution in [3.63, 3.8) is 0 Å². The molecule has 0 saturated carbocycles. The van der Waals surface area contributed by atoms with Crippen LogP contribution in [0.15, 0.2) is 0 Å². The van der Waals surface area contributed by atoms with Gasteiger partial charge in [-0.3, -0.25) is 14.5 Å². The minimum atomic E-state index is -0.289. The SMILES string of the molecule is CN1CC(=O)N(CCCC(=O)Nc2nc3c(s2)CCCC3)C1=O. The van der Waals surface area contributed by atoms with Crippen LogP contribution in [0.2, 0.25) is 0 Å². The summed E-state index contributed by atoms with van der Waals surface area (Å²) in [5.74, 6) is -0.325. The first kappa shape index (κ1) is 15.9. The summed E-state index contributed by atoms with van der Waals surface area (Å²) in [7, 11) is 1.59. The Morgan fingerprint density at radius 3 is 2.78 bits per heavy atom. The molecule has 7 nitrogen and oxygen atoms in total. The third kappa shape index (κ3) is 3.52. The first-order chi connectivity index (χ1) is 11.0. The van der Waals surface area contributed by atoms with Gasteiger partial charge in [0.15, 0.2) is 5.13 Å². The average Bonchev–Trinajstić information content (AvgIpc) is 3.02. The first-order valence-corrected chi connectivity index (χ1v) is 8.70. The van der Waals surface area contributed by atoms with Crippen LogP contribution < -0.4 is 5.32 Å². The van der Waals surface area contributed by atoms with Crippen LogP contribution >= 0.6 is 11.3 Å². The number of thiazole rings is 1. The number of nitrogens with one attached hydrogen (secondary N) is 1. The van der Waals surface area contributed by atoms with Gasteiger partial charge in [-0.05, 0) is 32.1 Å². The predicted molar refractivity (Wildman–Crippen MR) is 86.4 cm³/mol.